The second kappa shape index (κ2) is 6.01. The van der Waals surface area contributed by atoms with E-state index in [1.807, 2.05) is 0 Å². The van der Waals surface area contributed by atoms with Gasteiger partial charge in [0.05, 0.1) is 25.5 Å². The van der Waals surface area contributed by atoms with Gasteiger partial charge >= 0.3 is 5.97 Å². The van der Waals surface area contributed by atoms with Crippen molar-refractivity contribution >= 4 is 5.97 Å². The molecule has 9 nitrogen and oxygen atoms in total. The second-order valence-electron chi connectivity index (χ2n) is 3.52. The van der Waals surface area contributed by atoms with Gasteiger partial charge in [0.2, 0.25) is 5.82 Å². The minimum absolute atomic E-state index is 0.00235. The number of azide groups is 1. The summed E-state index contributed by atoms with van der Waals surface area (Å²) in [6.07, 6.45) is -1.25. The molecule has 0 spiro atoms. The molecule has 98 valence electrons. The highest BCUT2D eigenvalue weighted by atomic mass is 16.5. The van der Waals surface area contributed by atoms with Crippen LogP contribution in [0.2, 0.25) is 0 Å². The van der Waals surface area contributed by atoms with E-state index >= 15 is 0 Å². The normalized spacial score (nSPS) is 13.6. The van der Waals surface area contributed by atoms with Crippen LogP contribution in [0.4, 0.5) is 0 Å². The lowest BCUT2D eigenvalue weighted by molar-refractivity contribution is 0.0218. The molecule has 1 aromatic rings. The Labute approximate surface area is 102 Å². The number of esters is 1. The summed E-state index contributed by atoms with van der Waals surface area (Å²) in [5.41, 5.74) is 8.20. The van der Waals surface area contributed by atoms with Crippen LogP contribution in [0.15, 0.2) is 11.3 Å². The number of aliphatic hydroxyl groups is 2. The van der Waals surface area contributed by atoms with E-state index in [2.05, 4.69) is 19.7 Å². The second-order valence-corrected chi connectivity index (χ2v) is 3.52. The van der Waals surface area contributed by atoms with E-state index in [9.17, 15) is 15.0 Å². The number of carbonyl (C=O) groups excluding carboxylic acids is 1. The minimum Gasteiger partial charge on any atom is -0.463 e. The van der Waals surface area contributed by atoms with Crippen molar-refractivity contribution in [2.45, 2.75) is 12.2 Å². The van der Waals surface area contributed by atoms with Crippen molar-refractivity contribution in [1.82, 2.24) is 9.55 Å². The molecule has 0 saturated carbocycles. The van der Waals surface area contributed by atoms with Crippen LogP contribution < -0.4 is 0 Å². The fourth-order valence-corrected chi connectivity index (χ4v) is 1.33. The number of hydrogen-bond donors (Lipinski definition) is 2. The molecule has 18 heavy (non-hydrogen) atoms. The molecule has 1 aromatic heterocycles. The molecule has 9 heteroatoms. The maximum absolute atomic E-state index is 11.3. The smallest absolute Gasteiger partial charge is 0.374 e. The van der Waals surface area contributed by atoms with Gasteiger partial charge < -0.3 is 19.5 Å². The topological polar surface area (TPSA) is 133 Å². The van der Waals surface area contributed by atoms with Crippen molar-refractivity contribution in [2.75, 3.05) is 13.7 Å². The van der Waals surface area contributed by atoms with Gasteiger partial charge in [0.15, 0.2) is 0 Å². The van der Waals surface area contributed by atoms with Crippen LogP contribution in [-0.2, 0) is 11.8 Å². The first-order chi connectivity index (χ1) is 8.51. The van der Waals surface area contributed by atoms with Gasteiger partial charge in [-0.2, -0.15) is 0 Å². The van der Waals surface area contributed by atoms with Crippen molar-refractivity contribution in [2.24, 2.45) is 12.2 Å². The first-order valence-electron chi connectivity index (χ1n) is 4.99. The van der Waals surface area contributed by atoms with Crippen LogP contribution in [0.3, 0.4) is 0 Å². The van der Waals surface area contributed by atoms with Gasteiger partial charge in [-0.05, 0) is 5.53 Å². The summed E-state index contributed by atoms with van der Waals surface area (Å²) >= 11 is 0. The van der Waals surface area contributed by atoms with E-state index in [1.54, 1.807) is 7.05 Å². The monoisotopic (exact) mass is 255 g/mol. The Morgan fingerprint density at radius 1 is 1.72 bits per heavy atom. The Morgan fingerprint density at radius 3 is 2.94 bits per heavy atom. The molecule has 2 atom stereocenters. The van der Waals surface area contributed by atoms with Crippen LogP contribution in [0, 0.1) is 0 Å². The largest absolute Gasteiger partial charge is 0.463 e. The molecule has 0 aliphatic rings. The Bertz CT molecular complexity index is 479. The number of hydrogen-bond acceptors (Lipinski definition) is 6. The highest BCUT2D eigenvalue weighted by Gasteiger charge is 2.23. The summed E-state index contributed by atoms with van der Waals surface area (Å²) in [6.45, 7) is -0.290. The van der Waals surface area contributed by atoms with E-state index in [4.69, 9.17) is 5.53 Å². The maximum Gasteiger partial charge on any atom is 0.374 e. The lowest BCUT2D eigenvalue weighted by atomic mass is 10.1. The highest BCUT2D eigenvalue weighted by molar-refractivity contribution is 5.85. The third kappa shape index (κ3) is 2.98. The number of aryl methyl sites for hydroxylation is 1. The molecular weight excluding hydrogens is 242 g/mol. The molecule has 1 rings (SSSR count). The van der Waals surface area contributed by atoms with Crippen LogP contribution in [0.5, 0.6) is 0 Å². The van der Waals surface area contributed by atoms with Gasteiger partial charge in [0, 0.05) is 18.2 Å². The number of aliphatic hydroxyl groups excluding tert-OH is 2. The first-order valence-corrected chi connectivity index (χ1v) is 4.99. The Kier molecular flexibility index (Phi) is 4.67. The first kappa shape index (κ1) is 14.0. The van der Waals surface area contributed by atoms with Gasteiger partial charge in [-0.15, -0.1) is 0 Å². The van der Waals surface area contributed by atoms with Gasteiger partial charge in [-0.3, -0.25) is 0 Å². The number of carbonyl (C=O) groups is 1. The molecule has 0 aliphatic carbocycles. The zero-order valence-corrected chi connectivity index (χ0v) is 9.89. The summed E-state index contributed by atoms with van der Waals surface area (Å²) in [5, 5.41) is 22.4. The number of methoxy groups -OCH3 is 1. The molecule has 1 heterocycles. The van der Waals surface area contributed by atoms with Crippen molar-refractivity contribution in [3.05, 3.63) is 28.2 Å². The fourth-order valence-electron chi connectivity index (χ4n) is 1.33. The van der Waals surface area contributed by atoms with Crippen molar-refractivity contribution in [3.8, 4) is 0 Å². The van der Waals surface area contributed by atoms with E-state index < -0.39 is 18.2 Å². The molecule has 0 fully saturated rings. The van der Waals surface area contributed by atoms with Crippen molar-refractivity contribution in [1.29, 1.82) is 0 Å². The van der Waals surface area contributed by atoms with Gasteiger partial charge in [-0.1, -0.05) is 5.11 Å². The van der Waals surface area contributed by atoms with E-state index in [-0.39, 0.29) is 18.1 Å². The Morgan fingerprint density at radius 2 is 2.39 bits per heavy atom. The summed E-state index contributed by atoms with van der Waals surface area (Å²) in [4.78, 5) is 17.6. The SMILES string of the molecule is COC(=O)c1nc(C(O)C(O)CN=[N+]=[N-])cn1C. The summed E-state index contributed by atoms with van der Waals surface area (Å²) in [6, 6.07) is 0. The molecule has 0 bridgehead atoms. The lowest BCUT2D eigenvalue weighted by Gasteiger charge is -2.12. The molecule has 0 aliphatic heterocycles. The zero-order chi connectivity index (χ0) is 13.7. The molecule has 0 aromatic carbocycles. The molecule has 2 unspecified atom stereocenters. The number of aromatic nitrogens is 2. The quantitative estimate of drug-likeness (QED) is 0.328. The number of nitrogens with zero attached hydrogens (tertiary/aromatic N) is 5. The predicted octanol–water partition coefficient (Wildman–Crippen LogP) is -0.0887. The summed E-state index contributed by atoms with van der Waals surface area (Å²) < 4.78 is 5.87. The van der Waals surface area contributed by atoms with Gasteiger partial charge in [0.25, 0.3) is 0 Å². The van der Waals surface area contributed by atoms with Crippen molar-refractivity contribution in [3.63, 3.8) is 0 Å². The number of ether oxygens (including phenoxy) is 1. The van der Waals surface area contributed by atoms with E-state index in [0.717, 1.165) is 0 Å². The molecule has 2 N–H and O–H groups in total. The number of imidazole rings is 1. The Balaban J connectivity index is 2.90. The third-order valence-corrected chi connectivity index (χ3v) is 2.26. The number of rotatable bonds is 5. The van der Waals surface area contributed by atoms with Crippen LogP contribution in [0.1, 0.15) is 22.4 Å². The summed E-state index contributed by atoms with van der Waals surface area (Å²) in [7, 11) is 2.76. The highest BCUT2D eigenvalue weighted by Crippen LogP contribution is 2.16. The zero-order valence-electron chi connectivity index (χ0n) is 9.89. The molecule has 0 saturated heterocycles. The molecular formula is C9H13N5O4. The average Bonchev–Trinajstić information content (AvgIpc) is 2.76. The van der Waals surface area contributed by atoms with E-state index in [0.29, 0.717) is 0 Å². The fraction of sp³-hybridized carbons (Fsp3) is 0.556. The van der Waals surface area contributed by atoms with Crippen LogP contribution >= 0.6 is 0 Å². The third-order valence-electron chi connectivity index (χ3n) is 2.26. The Hall–Kier alpha value is -2.09. The average molecular weight is 255 g/mol. The standard InChI is InChI=1S/C9H13N5O4/c1-14-4-5(12-8(14)9(17)18-2)7(16)6(15)3-11-13-10/h4,6-7,15-16H,3H2,1-2H3. The predicted molar refractivity (Wildman–Crippen MR) is 59.5 cm³/mol. The molecule has 0 amide bonds. The minimum atomic E-state index is -1.35. The van der Waals surface area contributed by atoms with Crippen molar-refractivity contribution < 1.29 is 19.7 Å². The summed E-state index contributed by atoms with van der Waals surface area (Å²) in [5.74, 6) is -0.650. The molecule has 0 radical (unpaired) electrons. The van der Waals surface area contributed by atoms with E-state index in [1.165, 1.54) is 17.9 Å². The van der Waals surface area contributed by atoms with Crippen LogP contribution in [-0.4, -0.2) is 45.5 Å². The van der Waals surface area contributed by atoms with Gasteiger partial charge in [0.1, 0.15) is 6.10 Å². The maximum atomic E-state index is 11.3. The van der Waals surface area contributed by atoms with Gasteiger partial charge in [-0.25, -0.2) is 9.78 Å². The van der Waals surface area contributed by atoms with Crippen LogP contribution in [0.25, 0.3) is 10.4 Å². The lowest BCUT2D eigenvalue weighted by Crippen LogP contribution is -2.21.